The molecule has 0 spiro atoms. The molecule has 2 nitrogen and oxygen atoms in total. The fourth-order valence-corrected chi connectivity index (χ4v) is 10.9. The van der Waals surface area contributed by atoms with Gasteiger partial charge in [-0.1, -0.05) is 231 Å². The molecule has 0 aliphatic rings. The van der Waals surface area contributed by atoms with Crippen molar-refractivity contribution in [3.8, 4) is 83.6 Å². The molecule has 0 aliphatic carbocycles. The summed E-state index contributed by atoms with van der Waals surface area (Å²) in [4.78, 5) is 2.42. The normalized spacial score (nSPS) is 11.2. The SMILES string of the molecule is c1ccc(-c2cc(-c3ccccc3)cc(-c3ccc(N(c4ccc(-c5cccc(-n6c7ccccc7c7ccccc76)c5)cc4)c4ccccc4-c4ccccc4-c4ccccc4-c4ccccc4)cc3)c2)cc1. The zero-order valence-electron chi connectivity index (χ0n) is 40.8. The van der Waals surface area contributed by atoms with Crippen LogP contribution in [0.4, 0.5) is 17.1 Å². The second-order valence-electron chi connectivity index (χ2n) is 18.9. The average molecular weight is 943 g/mol. The Kier molecular flexibility index (Phi) is 11.6. The first-order valence-corrected chi connectivity index (χ1v) is 25.4. The maximum atomic E-state index is 2.42. The van der Waals surface area contributed by atoms with Gasteiger partial charge in [-0.3, -0.25) is 0 Å². The van der Waals surface area contributed by atoms with Crippen molar-refractivity contribution in [3.05, 3.63) is 303 Å². The first kappa shape index (κ1) is 44.2. The van der Waals surface area contributed by atoms with Crippen molar-refractivity contribution >= 4 is 38.9 Å². The highest BCUT2D eigenvalue weighted by Crippen LogP contribution is 2.46. The summed E-state index contributed by atoms with van der Waals surface area (Å²) in [5, 5.41) is 2.51. The molecule has 2 heteroatoms. The van der Waals surface area contributed by atoms with Crippen LogP contribution in [-0.2, 0) is 0 Å². The van der Waals surface area contributed by atoms with Crippen LogP contribution in [0, 0.1) is 0 Å². The number of nitrogens with zero attached hydrogens (tertiary/aromatic N) is 2. The smallest absolute Gasteiger partial charge is 0.0541 e. The standard InChI is InChI=1S/C72H50N2/c1-4-21-51(22-5-1)57-47-58(52-23-6-2-7-24-52)49-59(48-57)54-41-45-61(46-42-54)73(70-36-17-14-33-67(70)66-32-13-12-31-65(66)64-30-11-10-29-63(64)55-25-8-3-9-26-55)60-43-39-53(40-44-60)56-27-20-28-62(50-56)74-71-37-18-15-34-68(71)69-35-16-19-38-72(69)74/h1-50H. The second kappa shape index (κ2) is 19.4. The first-order chi connectivity index (χ1) is 36.7. The van der Waals surface area contributed by atoms with Crippen LogP contribution in [0.1, 0.15) is 0 Å². The van der Waals surface area contributed by atoms with Gasteiger partial charge >= 0.3 is 0 Å². The molecule has 0 amide bonds. The maximum Gasteiger partial charge on any atom is 0.0541 e. The molecule has 0 bridgehead atoms. The highest BCUT2D eigenvalue weighted by Gasteiger charge is 2.21. The molecule has 12 aromatic carbocycles. The van der Waals surface area contributed by atoms with Crippen LogP contribution in [0.15, 0.2) is 303 Å². The average Bonchev–Trinajstić information content (AvgIpc) is 3.83. The van der Waals surface area contributed by atoms with Crippen LogP contribution in [-0.4, -0.2) is 4.57 Å². The van der Waals surface area contributed by atoms with E-state index in [-0.39, 0.29) is 0 Å². The molecule has 0 saturated heterocycles. The number of aromatic nitrogens is 1. The van der Waals surface area contributed by atoms with E-state index in [1.54, 1.807) is 0 Å². The molecule has 0 N–H and O–H groups in total. The summed E-state index contributed by atoms with van der Waals surface area (Å²) < 4.78 is 2.39. The Morgan fingerprint density at radius 3 is 1.11 bits per heavy atom. The molecular formula is C72H50N2. The zero-order chi connectivity index (χ0) is 49.2. The summed E-state index contributed by atoms with van der Waals surface area (Å²) in [6.07, 6.45) is 0. The third kappa shape index (κ3) is 8.35. The van der Waals surface area contributed by atoms with Gasteiger partial charge in [0, 0.05) is 33.4 Å². The summed E-state index contributed by atoms with van der Waals surface area (Å²) in [5.41, 5.74) is 23.2. The van der Waals surface area contributed by atoms with Crippen molar-refractivity contribution in [2.24, 2.45) is 0 Å². The van der Waals surface area contributed by atoms with E-state index in [1.165, 1.54) is 71.9 Å². The Balaban J connectivity index is 0.939. The van der Waals surface area contributed by atoms with Crippen LogP contribution >= 0.6 is 0 Å². The van der Waals surface area contributed by atoms with E-state index < -0.39 is 0 Å². The van der Waals surface area contributed by atoms with Crippen LogP contribution in [0.25, 0.3) is 105 Å². The lowest BCUT2D eigenvalue weighted by Crippen LogP contribution is -2.11. The number of anilines is 3. The Bertz CT molecular complexity index is 3990. The topological polar surface area (TPSA) is 8.17 Å². The predicted octanol–water partition coefficient (Wildman–Crippen LogP) is 19.9. The third-order valence-corrected chi connectivity index (χ3v) is 14.4. The lowest BCUT2D eigenvalue weighted by Gasteiger charge is -2.29. The molecule has 74 heavy (non-hydrogen) atoms. The van der Waals surface area contributed by atoms with Crippen molar-refractivity contribution in [1.29, 1.82) is 0 Å². The van der Waals surface area contributed by atoms with Crippen LogP contribution in [0.3, 0.4) is 0 Å². The number of fused-ring (bicyclic) bond motifs is 3. The summed E-state index contributed by atoms with van der Waals surface area (Å²) in [5.74, 6) is 0. The third-order valence-electron chi connectivity index (χ3n) is 14.4. The van der Waals surface area contributed by atoms with Crippen LogP contribution in [0.5, 0.6) is 0 Å². The Morgan fingerprint density at radius 1 is 0.216 bits per heavy atom. The van der Waals surface area contributed by atoms with Gasteiger partial charge in [-0.2, -0.15) is 0 Å². The summed E-state index contributed by atoms with van der Waals surface area (Å²) in [6, 6.07) is 110. The largest absolute Gasteiger partial charge is 0.310 e. The summed E-state index contributed by atoms with van der Waals surface area (Å²) in [6.45, 7) is 0. The molecular weight excluding hydrogens is 893 g/mol. The van der Waals surface area contributed by atoms with Crippen molar-refractivity contribution in [2.75, 3.05) is 4.90 Å². The van der Waals surface area contributed by atoms with Crippen molar-refractivity contribution in [3.63, 3.8) is 0 Å². The van der Waals surface area contributed by atoms with Gasteiger partial charge in [0.15, 0.2) is 0 Å². The van der Waals surface area contributed by atoms with E-state index in [2.05, 4.69) is 313 Å². The van der Waals surface area contributed by atoms with Crippen molar-refractivity contribution in [2.45, 2.75) is 0 Å². The summed E-state index contributed by atoms with van der Waals surface area (Å²) >= 11 is 0. The van der Waals surface area contributed by atoms with Gasteiger partial charge in [0.25, 0.3) is 0 Å². The molecule has 0 unspecified atom stereocenters. The van der Waals surface area contributed by atoms with Gasteiger partial charge in [-0.25, -0.2) is 0 Å². The highest BCUT2D eigenvalue weighted by molar-refractivity contribution is 6.09. The minimum atomic E-state index is 1.06. The maximum absolute atomic E-state index is 2.42. The quantitative estimate of drug-likeness (QED) is 0.125. The molecule has 0 atom stereocenters. The molecule has 0 aliphatic heterocycles. The second-order valence-corrected chi connectivity index (χ2v) is 18.9. The van der Waals surface area contributed by atoms with Gasteiger partial charge < -0.3 is 9.47 Å². The number of para-hydroxylation sites is 3. The molecule has 13 rings (SSSR count). The zero-order valence-corrected chi connectivity index (χ0v) is 40.8. The van der Waals surface area contributed by atoms with E-state index in [0.29, 0.717) is 0 Å². The number of hydrogen-bond acceptors (Lipinski definition) is 1. The minimum absolute atomic E-state index is 1.06. The number of rotatable bonds is 11. The highest BCUT2D eigenvalue weighted by atomic mass is 15.1. The lowest BCUT2D eigenvalue weighted by molar-refractivity contribution is 1.18. The van der Waals surface area contributed by atoms with Crippen LogP contribution < -0.4 is 4.90 Å². The van der Waals surface area contributed by atoms with E-state index in [0.717, 1.165) is 50.6 Å². The van der Waals surface area contributed by atoms with Crippen molar-refractivity contribution in [1.82, 2.24) is 4.57 Å². The fraction of sp³-hybridized carbons (Fsp3) is 0. The molecule has 1 aromatic heterocycles. The molecule has 1 heterocycles. The minimum Gasteiger partial charge on any atom is -0.310 e. The molecule has 0 radical (unpaired) electrons. The summed E-state index contributed by atoms with van der Waals surface area (Å²) in [7, 11) is 0. The van der Waals surface area contributed by atoms with Crippen LogP contribution in [0.2, 0.25) is 0 Å². The fourth-order valence-electron chi connectivity index (χ4n) is 10.9. The van der Waals surface area contributed by atoms with Gasteiger partial charge in [0.05, 0.1) is 16.7 Å². The predicted molar refractivity (Wildman–Crippen MR) is 314 cm³/mol. The van der Waals surface area contributed by atoms with Gasteiger partial charge in [-0.15, -0.1) is 0 Å². The van der Waals surface area contributed by atoms with E-state index in [1.807, 2.05) is 0 Å². The van der Waals surface area contributed by atoms with Gasteiger partial charge in [-0.05, 0) is 145 Å². The molecule has 0 saturated carbocycles. The molecule has 13 aromatic rings. The number of hydrogen-bond donors (Lipinski definition) is 0. The van der Waals surface area contributed by atoms with Crippen molar-refractivity contribution < 1.29 is 0 Å². The number of benzene rings is 12. The molecule has 348 valence electrons. The van der Waals surface area contributed by atoms with E-state index in [4.69, 9.17) is 0 Å². The van der Waals surface area contributed by atoms with E-state index in [9.17, 15) is 0 Å². The van der Waals surface area contributed by atoms with Gasteiger partial charge in [0.1, 0.15) is 0 Å². The Morgan fingerprint density at radius 2 is 0.581 bits per heavy atom. The van der Waals surface area contributed by atoms with Gasteiger partial charge in [0.2, 0.25) is 0 Å². The monoisotopic (exact) mass is 942 g/mol. The first-order valence-electron chi connectivity index (χ1n) is 25.4. The van der Waals surface area contributed by atoms with E-state index >= 15 is 0 Å². The Hall–Kier alpha value is -9.76. The molecule has 0 fully saturated rings. The Labute approximate surface area is 433 Å². The lowest BCUT2D eigenvalue weighted by atomic mass is 9.88.